The molecule has 1 saturated heterocycles. The van der Waals surface area contributed by atoms with Crippen molar-refractivity contribution in [1.82, 2.24) is 4.90 Å². The fourth-order valence-corrected chi connectivity index (χ4v) is 1.59. The second-order valence-electron chi connectivity index (χ2n) is 3.72. The zero-order valence-electron chi connectivity index (χ0n) is 9.31. The SMILES string of the molecule is Cc1ccc(/C=C/C(=O)N2CCOCC2)o1. The molecule has 0 N–H and O–H groups in total. The molecule has 1 aliphatic heterocycles. The quantitative estimate of drug-likeness (QED) is 0.710. The van der Waals surface area contributed by atoms with Crippen LogP contribution in [0.15, 0.2) is 22.6 Å². The van der Waals surface area contributed by atoms with Gasteiger partial charge >= 0.3 is 0 Å². The number of ether oxygens (including phenoxy) is 1. The Balaban J connectivity index is 1.93. The van der Waals surface area contributed by atoms with Crippen LogP contribution in [-0.2, 0) is 9.53 Å². The lowest BCUT2D eigenvalue weighted by Gasteiger charge is -2.25. The molecule has 0 aliphatic carbocycles. The van der Waals surface area contributed by atoms with E-state index in [9.17, 15) is 4.79 Å². The summed E-state index contributed by atoms with van der Waals surface area (Å²) in [5.74, 6) is 1.56. The molecule has 0 radical (unpaired) electrons. The Hall–Kier alpha value is -1.55. The Labute approximate surface area is 94.5 Å². The lowest BCUT2D eigenvalue weighted by molar-refractivity contribution is -0.129. The van der Waals surface area contributed by atoms with Gasteiger partial charge in [-0.25, -0.2) is 0 Å². The molecule has 4 nitrogen and oxygen atoms in total. The molecule has 2 rings (SSSR count). The number of furan rings is 1. The van der Waals surface area contributed by atoms with E-state index in [0.29, 0.717) is 32.1 Å². The molecule has 0 aromatic carbocycles. The standard InChI is InChI=1S/C12H15NO3/c1-10-2-3-11(16-10)4-5-12(14)13-6-8-15-9-7-13/h2-5H,6-9H2,1H3/b5-4+. The van der Waals surface area contributed by atoms with Crippen LogP contribution in [0.1, 0.15) is 11.5 Å². The van der Waals surface area contributed by atoms with Gasteiger partial charge in [0.2, 0.25) is 5.91 Å². The van der Waals surface area contributed by atoms with E-state index in [-0.39, 0.29) is 5.91 Å². The van der Waals surface area contributed by atoms with Crippen LogP contribution in [0.25, 0.3) is 6.08 Å². The maximum Gasteiger partial charge on any atom is 0.246 e. The van der Waals surface area contributed by atoms with Crippen LogP contribution in [0.4, 0.5) is 0 Å². The van der Waals surface area contributed by atoms with E-state index < -0.39 is 0 Å². The molecule has 1 aliphatic rings. The zero-order chi connectivity index (χ0) is 11.4. The maximum atomic E-state index is 11.7. The lowest BCUT2D eigenvalue weighted by Crippen LogP contribution is -2.39. The molecule has 4 heteroatoms. The van der Waals surface area contributed by atoms with Gasteiger partial charge in [0.25, 0.3) is 0 Å². The third kappa shape index (κ3) is 2.73. The van der Waals surface area contributed by atoms with Crippen molar-refractivity contribution in [1.29, 1.82) is 0 Å². The first-order valence-electron chi connectivity index (χ1n) is 5.37. The molecule has 0 bridgehead atoms. The fraction of sp³-hybridized carbons (Fsp3) is 0.417. The van der Waals surface area contributed by atoms with E-state index in [4.69, 9.17) is 9.15 Å². The van der Waals surface area contributed by atoms with Crippen molar-refractivity contribution in [2.75, 3.05) is 26.3 Å². The van der Waals surface area contributed by atoms with Crippen molar-refractivity contribution in [2.45, 2.75) is 6.92 Å². The van der Waals surface area contributed by atoms with Gasteiger partial charge in [-0.3, -0.25) is 4.79 Å². The molecule has 0 spiro atoms. The van der Waals surface area contributed by atoms with Crippen molar-refractivity contribution >= 4 is 12.0 Å². The van der Waals surface area contributed by atoms with E-state index in [2.05, 4.69) is 0 Å². The smallest absolute Gasteiger partial charge is 0.246 e. The predicted molar refractivity (Wildman–Crippen MR) is 59.9 cm³/mol. The van der Waals surface area contributed by atoms with Gasteiger partial charge in [-0.05, 0) is 25.1 Å². The first kappa shape index (κ1) is 11.0. The second kappa shape index (κ2) is 4.99. The molecule has 0 atom stereocenters. The maximum absolute atomic E-state index is 11.7. The minimum atomic E-state index is 0.0114. The van der Waals surface area contributed by atoms with E-state index in [0.717, 1.165) is 5.76 Å². The molecule has 0 saturated carbocycles. The van der Waals surface area contributed by atoms with Gasteiger partial charge in [-0.15, -0.1) is 0 Å². The van der Waals surface area contributed by atoms with Gasteiger partial charge in [0, 0.05) is 19.2 Å². The first-order chi connectivity index (χ1) is 7.75. The molecule has 16 heavy (non-hydrogen) atoms. The summed E-state index contributed by atoms with van der Waals surface area (Å²) in [5, 5.41) is 0. The predicted octanol–water partition coefficient (Wildman–Crippen LogP) is 1.46. The lowest BCUT2D eigenvalue weighted by atomic mass is 10.3. The van der Waals surface area contributed by atoms with Crippen LogP contribution in [0.5, 0.6) is 0 Å². The van der Waals surface area contributed by atoms with Gasteiger partial charge in [-0.2, -0.15) is 0 Å². The Bertz CT molecular complexity index is 389. The van der Waals surface area contributed by atoms with Crippen molar-refractivity contribution in [3.8, 4) is 0 Å². The fourth-order valence-electron chi connectivity index (χ4n) is 1.59. The summed E-state index contributed by atoms with van der Waals surface area (Å²) in [5.41, 5.74) is 0. The molecule has 1 amide bonds. The molecular formula is C12H15NO3. The number of morpholine rings is 1. The molecule has 1 fully saturated rings. The van der Waals surface area contributed by atoms with Crippen LogP contribution in [0.2, 0.25) is 0 Å². The van der Waals surface area contributed by atoms with Crippen LogP contribution in [0.3, 0.4) is 0 Å². The summed E-state index contributed by atoms with van der Waals surface area (Å²) in [6.07, 6.45) is 3.24. The highest BCUT2D eigenvalue weighted by molar-refractivity contribution is 5.91. The average Bonchev–Trinajstić information content (AvgIpc) is 2.73. The average molecular weight is 221 g/mol. The number of nitrogens with zero attached hydrogens (tertiary/aromatic N) is 1. The summed E-state index contributed by atoms with van der Waals surface area (Å²) >= 11 is 0. The van der Waals surface area contributed by atoms with Crippen molar-refractivity contribution in [3.63, 3.8) is 0 Å². The summed E-state index contributed by atoms with van der Waals surface area (Å²) < 4.78 is 10.5. The van der Waals surface area contributed by atoms with Gasteiger partial charge in [0.05, 0.1) is 13.2 Å². The van der Waals surface area contributed by atoms with Crippen molar-refractivity contribution in [3.05, 3.63) is 29.7 Å². The Morgan fingerprint density at radius 2 is 2.12 bits per heavy atom. The number of carbonyl (C=O) groups is 1. The highest BCUT2D eigenvalue weighted by Crippen LogP contribution is 2.08. The number of amides is 1. The third-order valence-corrected chi connectivity index (χ3v) is 2.47. The van der Waals surface area contributed by atoms with Crippen LogP contribution in [0, 0.1) is 6.92 Å². The van der Waals surface area contributed by atoms with Crippen LogP contribution in [-0.4, -0.2) is 37.1 Å². The minimum Gasteiger partial charge on any atom is -0.462 e. The summed E-state index contributed by atoms with van der Waals surface area (Å²) in [6, 6.07) is 3.72. The number of aryl methyl sites for hydroxylation is 1. The van der Waals surface area contributed by atoms with Crippen LogP contribution >= 0.6 is 0 Å². The Morgan fingerprint density at radius 3 is 2.75 bits per heavy atom. The van der Waals surface area contributed by atoms with E-state index in [1.165, 1.54) is 0 Å². The summed E-state index contributed by atoms with van der Waals surface area (Å²) in [4.78, 5) is 13.5. The van der Waals surface area contributed by atoms with Crippen LogP contribution < -0.4 is 0 Å². The normalized spacial score (nSPS) is 16.9. The topological polar surface area (TPSA) is 42.7 Å². The van der Waals surface area contributed by atoms with Gasteiger partial charge in [0.15, 0.2) is 0 Å². The third-order valence-electron chi connectivity index (χ3n) is 2.47. The molecular weight excluding hydrogens is 206 g/mol. The molecule has 2 heterocycles. The summed E-state index contributed by atoms with van der Waals surface area (Å²) in [6.45, 7) is 4.46. The number of hydrogen-bond donors (Lipinski definition) is 0. The monoisotopic (exact) mass is 221 g/mol. The van der Waals surface area contributed by atoms with E-state index >= 15 is 0 Å². The first-order valence-corrected chi connectivity index (χ1v) is 5.37. The van der Waals surface area contributed by atoms with Gasteiger partial charge in [0.1, 0.15) is 11.5 Å². The number of carbonyl (C=O) groups excluding carboxylic acids is 1. The largest absolute Gasteiger partial charge is 0.462 e. The van der Waals surface area contributed by atoms with Gasteiger partial charge in [-0.1, -0.05) is 0 Å². The van der Waals surface area contributed by atoms with Crippen molar-refractivity contribution < 1.29 is 13.9 Å². The van der Waals surface area contributed by atoms with E-state index in [1.807, 2.05) is 19.1 Å². The molecule has 0 unspecified atom stereocenters. The molecule has 86 valence electrons. The molecule has 1 aromatic rings. The van der Waals surface area contributed by atoms with Crippen molar-refractivity contribution in [2.24, 2.45) is 0 Å². The summed E-state index contributed by atoms with van der Waals surface area (Å²) in [7, 11) is 0. The second-order valence-corrected chi connectivity index (χ2v) is 3.72. The highest BCUT2D eigenvalue weighted by Gasteiger charge is 2.13. The Morgan fingerprint density at radius 1 is 1.38 bits per heavy atom. The highest BCUT2D eigenvalue weighted by atomic mass is 16.5. The number of rotatable bonds is 2. The van der Waals surface area contributed by atoms with E-state index in [1.54, 1.807) is 17.1 Å². The number of hydrogen-bond acceptors (Lipinski definition) is 3. The zero-order valence-corrected chi connectivity index (χ0v) is 9.31. The Kier molecular flexibility index (Phi) is 3.41. The van der Waals surface area contributed by atoms with Gasteiger partial charge < -0.3 is 14.1 Å². The minimum absolute atomic E-state index is 0.0114. The molecule has 1 aromatic heterocycles.